The standard InChI is InChI=1S/C18H10Cl4N2O3S/c19-9-6-12(22)16(25)13(7-9)23-18(28)24-17(26)15-4-3-14(27-15)8-1-2-10(20)11(21)5-8/h1-7,25H,(H2,23,24,26,28). The first-order valence-electron chi connectivity index (χ1n) is 7.60. The van der Waals surface area contributed by atoms with Crippen LogP contribution in [0.3, 0.4) is 0 Å². The van der Waals surface area contributed by atoms with E-state index in [1.54, 1.807) is 24.3 Å². The number of rotatable bonds is 3. The Morgan fingerprint density at radius 1 is 0.964 bits per heavy atom. The molecule has 0 saturated carbocycles. The van der Waals surface area contributed by atoms with E-state index in [4.69, 9.17) is 63.0 Å². The largest absolute Gasteiger partial charge is 0.504 e. The van der Waals surface area contributed by atoms with Crippen LogP contribution >= 0.6 is 58.6 Å². The summed E-state index contributed by atoms with van der Waals surface area (Å²) in [5.41, 5.74) is 0.811. The number of hydrogen-bond acceptors (Lipinski definition) is 4. The Hall–Kier alpha value is -1.96. The molecule has 10 heteroatoms. The van der Waals surface area contributed by atoms with Gasteiger partial charge in [-0.1, -0.05) is 46.4 Å². The average molecular weight is 476 g/mol. The van der Waals surface area contributed by atoms with E-state index in [1.165, 1.54) is 18.2 Å². The van der Waals surface area contributed by atoms with Gasteiger partial charge >= 0.3 is 0 Å². The number of aromatic hydroxyl groups is 1. The van der Waals surface area contributed by atoms with Crippen molar-refractivity contribution in [2.24, 2.45) is 0 Å². The van der Waals surface area contributed by atoms with Crippen LogP contribution in [0, 0.1) is 0 Å². The quantitative estimate of drug-likeness (QED) is 0.302. The van der Waals surface area contributed by atoms with Crippen molar-refractivity contribution in [2.45, 2.75) is 0 Å². The lowest BCUT2D eigenvalue weighted by atomic mass is 10.2. The Kier molecular flexibility index (Phi) is 6.37. The molecule has 144 valence electrons. The first kappa shape index (κ1) is 20.8. The minimum absolute atomic E-state index is 0.0265. The van der Waals surface area contributed by atoms with Crippen LogP contribution in [0.15, 0.2) is 46.9 Å². The van der Waals surface area contributed by atoms with E-state index in [1.807, 2.05) is 0 Å². The fourth-order valence-electron chi connectivity index (χ4n) is 2.24. The maximum Gasteiger partial charge on any atom is 0.293 e. The average Bonchev–Trinajstić information content (AvgIpc) is 3.12. The smallest absolute Gasteiger partial charge is 0.293 e. The van der Waals surface area contributed by atoms with E-state index in [9.17, 15) is 9.90 Å². The van der Waals surface area contributed by atoms with E-state index in [-0.39, 0.29) is 32.4 Å². The van der Waals surface area contributed by atoms with Crippen LogP contribution < -0.4 is 10.6 Å². The molecule has 3 N–H and O–H groups in total. The predicted octanol–water partition coefficient (Wildman–Crippen LogP) is 6.39. The third-order valence-electron chi connectivity index (χ3n) is 3.54. The van der Waals surface area contributed by atoms with Gasteiger partial charge in [0.05, 0.1) is 20.8 Å². The van der Waals surface area contributed by atoms with Crippen LogP contribution in [0.5, 0.6) is 5.75 Å². The number of phenols is 1. The van der Waals surface area contributed by atoms with Gasteiger partial charge in [-0.05, 0) is 54.7 Å². The molecule has 1 amide bonds. The Morgan fingerprint density at radius 3 is 2.43 bits per heavy atom. The van der Waals surface area contributed by atoms with Crippen LogP contribution in [-0.2, 0) is 0 Å². The highest BCUT2D eigenvalue weighted by molar-refractivity contribution is 7.80. The maximum absolute atomic E-state index is 12.3. The van der Waals surface area contributed by atoms with Crippen molar-refractivity contribution in [1.82, 2.24) is 5.32 Å². The Labute approximate surface area is 185 Å². The molecule has 0 spiro atoms. The van der Waals surface area contributed by atoms with E-state index < -0.39 is 5.91 Å². The highest BCUT2D eigenvalue weighted by atomic mass is 35.5. The number of benzene rings is 2. The van der Waals surface area contributed by atoms with Crippen LogP contribution in [0.2, 0.25) is 20.1 Å². The first-order valence-corrected chi connectivity index (χ1v) is 9.52. The summed E-state index contributed by atoms with van der Waals surface area (Å²) in [4.78, 5) is 12.3. The van der Waals surface area contributed by atoms with E-state index >= 15 is 0 Å². The van der Waals surface area contributed by atoms with Gasteiger partial charge in [-0.25, -0.2) is 0 Å². The highest BCUT2D eigenvalue weighted by Crippen LogP contribution is 2.35. The molecule has 0 unspecified atom stereocenters. The van der Waals surface area contributed by atoms with Crippen LogP contribution in [0.4, 0.5) is 5.69 Å². The van der Waals surface area contributed by atoms with Crippen molar-refractivity contribution < 1.29 is 14.3 Å². The number of furan rings is 1. The molecule has 0 aliphatic heterocycles. The zero-order valence-electron chi connectivity index (χ0n) is 13.7. The molecule has 1 aromatic heterocycles. The third kappa shape index (κ3) is 4.71. The second kappa shape index (κ2) is 8.59. The van der Waals surface area contributed by atoms with Crippen LogP contribution in [0.1, 0.15) is 10.6 Å². The zero-order valence-corrected chi connectivity index (χ0v) is 17.6. The Morgan fingerprint density at radius 2 is 1.71 bits per heavy atom. The molecule has 5 nitrogen and oxygen atoms in total. The van der Waals surface area contributed by atoms with Crippen molar-refractivity contribution in [3.05, 3.63) is 68.3 Å². The number of amides is 1. The van der Waals surface area contributed by atoms with Gasteiger partial charge in [-0.15, -0.1) is 0 Å². The zero-order chi connectivity index (χ0) is 20.4. The van der Waals surface area contributed by atoms with Crippen molar-refractivity contribution in [3.63, 3.8) is 0 Å². The molecular weight excluding hydrogens is 466 g/mol. The van der Waals surface area contributed by atoms with Gasteiger partial charge in [0, 0.05) is 10.6 Å². The minimum atomic E-state index is -0.587. The Balaban J connectivity index is 1.71. The fourth-order valence-corrected chi connectivity index (χ4v) is 3.24. The van der Waals surface area contributed by atoms with Gasteiger partial charge in [-0.3, -0.25) is 10.1 Å². The molecule has 0 bridgehead atoms. The summed E-state index contributed by atoms with van der Waals surface area (Å²) in [6.07, 6.45) is 0. The van der Waals surface area contributed by atoms with E-state index in [0.29, 0.717) is 21.4 Å². The molecule has 0 atom stereocenters. The molecule has 0 aliphatic carbocycles. The number of thiocarbonyl (C=S) groups is 1. The van der Waals surface area contributed by atoms with Gasteiger partial charge in [0.1, 0.15) is 5.76 Å². The molecule has 0 radical (unpaired) electrons. The highest BCUT2D eigenvalue weighted by Gasteiger charge is 2.16. The number of carbonyl (C=O) groups is 1. The molecular formula is C18H10Cl4N2O3S. The summed E-state index contributed by atoms with van der Waals surface area (Å²) >= 11 is 28.7. The summed E-state index contributed by atoms with van der Waals surface area (Å²) < 4.78 is 5.55. The number of halogens is 4. The molecule has 3 aromatic rings. The lowest BCUT2D eigenvalue weighted by Gasteiger charge is -2.11. The summed E-state index contributed by atoms with van der Waals surface area (Å²) in [5.74, 6) is -0.376. The SMILES string of the molecule is O=C(NC(=S)Nc1cc(Cl)cc(Cl)c1O)c1ccc(-c2ccc(Cl)c(Cl)c2)o1. The summed E-state index contributed by atoms with van der Waals surface area (Å²) in [6.45, 7) is 0. The van der Waals surface area contributed by atoms with E-state index in [2.05, 4.69) is 10.6 Å². The van der Waals surface area contributed by atoms with Crippen molar-refractivity contribution in [2.75, 3.05) is 5.32 Å². The normalized spacial score (nSPS) is 10.6. The van der Waals surface area contributed by atoms with Gasteiger partial charge in [0.15, 0.2) is 16.6 Å². The molecule has 28 heavy (non-hydrogen) atoms. The minimum Gasteiger partial charge on any atom is -0.504 e. The molecule has 2 aromatic carbocycles. The lowest BCUT2D eigenvalue weighted by molar-refractivity contribution is 0.0951. The molecule has 3 rings (SSSR count). The van der Waals surface area contributed by atoms with Gasteiger partial charge in [0.25, 0.3) is 5.91 Å². The molecule has 1 heterocycles. The van der Waals surface area contributed by atoms with Crippen LogP contribution in [0.25, 0.3) is 11.3 Å². The predicted molar refractivity (Wildman–Crippen MR) is 116 cm³/mol. The van der Waals surface area contributed by atoms with Gasteiger partial charge in [0.2, 0.25) is 0 Å². The fraction of sp³-hybridized carbons (Fsp3) is 0. The van der Waals surface area contributed by atoms with Gasteiger partial charge in [-0.2, -0.15) is 0 Å². The van der Waals surface area contributed by atoms with Crippen molar-refractivity contribution in [3.8, 4) is 17.1 Å². The van der Waals surface area contributed by atoms with Crippen LogP contribution in [-0.4, -0.2) is 16.1 Å². The molecule has 0 saturated heterocycles. The molecule has 0 aliphatic rings. The summed E-state index contributed by atoms with van der Waals surface area (Å²) in [7, 11) is 0. The molecule has 0 fully saturated rings. The number of nitrogens with one attached hydrogen (secondary N) is 2. The number of hydrogen-bond donors (Lipinski definition) is 3. The second-order valence-corrected chi connectivity index (χ2v) is 7.55. The summed E-state index contributed by atoms with van der Waals surface area (Å²) in [6, 6.07) is 10.9. The monoisotopic (exact) mass is 474 g/mol. The second-order valence-electron chi connectivity index (χ2n) is 5.48. The van der Waals surface area contributed by atoms with E-state index in [0.717, 1.165) is 0 Å². The number of carbonyl (C=O) groups excluding carboxylic acids is 1. The number of phenolic OH excluding ortho intramolecular Hbond substituents is 1. The summed E-state index contributed by atoms with van der Waals surface area (Å²) in [5, 5.41) is 16.1. The number of anilines is 1. The maximum atomic E-state index is 12.3. The lowest BCUT2D eigenvalue weighted by Crippen LogP contribution is -2.33. The topological polar surface area (TPSA) is 74.5 Å². The third-order valence-corrected chi connectivity index (χ3v) is 4.99. The van der Waals surface area contributed by atoms with Crippen molar-refractivity contribution >= 4 is 75.3 Å². The van der Waals surface area contributed by atoms with Crippen molar-refractivity contribution in [1.29, 1.82) is 0 Å². The Bertz CT molecular complexity index is 1080. The van der Waals surface area contributed by atoms with Gasteiger partial charge < -0.3 is 14.8 Å². The first-order chi connectivity index (χ1) is 13.2.